The summed E-state index contributed by atoms with van der Waals surface area (Å²) in [7, 11) is 0. The first kappa shape index (κ1) is 15.0. The number of carboxylic acids is 1. The minimum Gasteiger partial charge on any atom is -0.480 e. The topological polar surface area (TPSA) is 87.7 Å². The van der Waals surface area contributed by atoms with E-state index in [-0.39, 0.29) is 12.8 Å². The lowest BCUT2D eigenvalue weighted by molar-refractivity contribution is -0.148. The zero-order valence-electron chi connectivity index (χ0n) is 10.7. The van der Waals surface area contributed by atoms with Gasteiger partial charge in [0.1, 0.15) is 5.54 Å². The van der Waals surface area contributed by atoms with E-state index in [1.807, 2.05) is 12.1 Å². The Kier molecular flexibility index (Phi) is 4.81. The van der Waals surface area contributed by atoms with Crippen LogP contribution in [0.15, 0.2) is 24.3 Å². The molecule has 108 valence electrons. The highest BCUT2D eigenvalue weighted by Gasteiger charge is 2.41. The first-order valence-electron chi connectivity index (χ1n) is 6.18. The van der Waals surface area contributed by atoms with Crippen molar-refractivity contribution in [3.05, 3.63) is 27.8 Å². The summed E-state index contributed by atoms with van der Waals surface area (Å²) in [5.41, 5.74) is -0.624. The second kappa shape index (κ2) is 6.40. The highest BCUT2D eigenvalue weighted by atomic mass is 127. The van der Waals surface area contributed by atoms with Crippen LogP contribution in [0.4, 0.5) is 10.5 Å². The van der Waals surface area contributed by atoms with E-state index >= 15 is 0 Å². The van der Waals surface area contributed by atoms with E-state index in [1.54, 1.807) is 12.1 Å². The minimum absolute atomic E-state index is 0.266. The molecule has 2 rings (SSSR count). The molecule has 1 fully saturated rings. The molecule has 0 spiro atoms. The number of benzene rings is 1. The summed E-state index contributed by atoms with van der Waals surface area (Å²) in [5.74, 6) is -1.03. The number of aliphatic carboxylic acids is 1. The average molecular weight is 390 g/mol. The molecule has 2 amide bonds. The van der Waals surface area contributed by atoms with Gasteiger partial charge in [-0.25, -0.2) is 9.59 Å². The smallest absolute Gasteiger partial charge is 0.329 e. The van der Waals surface area contributed by atoms with Crippen LogP contribution in [0.25, 0.3) is 0 Å². The fourth-order valence-electron chi connectivity index (χ4n) is 2.03. The van der Waals surface area contributed by atoms with E-state index in [1.165, 1.54) is 0 Å². The van der Waals surface area contributed by atoms with E-state index in [2.05, 4.69) is 33.2 Å². The third kappa shape index (κ3) is 3.60. The first-order chi connectivity index (χ1) is 9.52. The van der Waals surface area contributed by atoms with Crippen molar-refractivity contribution >= 4 is 40.3 Å². The molecule has 1 heterocycles. The molecule has 1 aliphatic heterocycles. The van der Waals surface area contributed by atoms with E-state index < -0.39 is 17.5 Å². The van der Waals surface area contributed by atoms with Gasteiger partial charge in [0.25, 0.3) is 0 Å². The maximum Gasteiger partial charge on any atom is 0.329 e. The van der Waals surface area contributed by atoms with Crippen LogP contribution in [0.5, 0.6) is 0 Å². The number of hydrogen-bond donors (Lipinski definition) is 3. The van der Waals surface area contributed by atoms with Crippen molar-refractivity contribution in [3.63, 3.8) is 0 Å². The summed E-state index contributed by atoms with van der Waals surface area (Å²) in [6, 6.07) is 6.72. The molecule has 0 radical (unpaired) electrons. The first-order valence-corrected chi connectivity index (χ1v) is 7.26. The maximum atomic E-state index is 11.9. The lowest BCUT2D eigenvalue weighted by Gasteiger charge is -2.33. The number of anilines is 1. The Balaban J connectivity index is 2.01. The molecule has 1 aromatic rings. The quantitative estimate of drug-likeness (QED) is 0.690. The van der Waals surface area contributed by atoms with Crippen LogP contribution in [0, 0.1) is 3.57 Å². The summed E-state index contributed by atoms with van der Waals surface area (Å²) in [5, 5.41) is 14.5. The van der Waals surface area contributed by atoms with Crippen molar-refractivity contribution in [1.82, 2.24) is 5.32 Å². The second-order valence-electron chi connectivity index (χ2n) is 4.59. The number of amides is 2. The van der Waals surface area contributed by atoms with Crippen molar-refractivity contribution in [3.8, 4) is 0 Å². The van der Waals surface area contributed by atoms with Gasteiger partial charge in [-0.1, -0.05) is 0 Å². The predicted molar refractivity (Wildman–Crippen MR) is 81.7 cm³/mol. The predicted octanol–water partition coefficient (Wildman–Crippen LogP) is 2.05. The van der Waals surface area contributed by atoms with Gasteiger partial charge >= 0.3 is 12.0 Å². The van der Waals surface area contributed by atoms with Crippen LogP contribution < -0.4 is 10.6 Å². The molecule has 0 bridgehead atoms. The molecule has 0 unspecified atom stereocenters. The minimum atomic E-state index is -1.24. The molecule has 6 nitrogen and oxygen atoms in total. The third-order valence-electron chi connectivity index (χ3n) is 3.21. The van der Waals surface area contributed by atoms with Gasteiger partial charge in [-0.05, 0) is 46.9 Å². The van der Waals surface area contributed by atoms with Crippen molar-refractivity contribution < 1.29 is 19.4 Å². The number of carbonyl (C=O) groups is 2. The lowest BCUT2D eigenvalue weighted by Crippen LogP contribution is -2.58. The van der Waals surface area contributed by atoms with Crippen LogP contribution in [0.3, 0.4) is 0 Å². The van der Waals surface area contributed by atoms with Crippen molar-refractivity contribution in [2.75, 3.05) is 18.5 Å². The fourth-order valence-corrected chi connectivity index (χ4v) is 2.38. The molecule has 0 saturated carbocycles. The molecule has 0 atom stereocenters. The Morgan fingerprint density at radius 1 is 1.20 bits per heavy atom. The monoisotopic (exact) mass is 390 g/mol. The number of halogens is 1. The summed E-state index contributed by atoms with van der Waals surface area (Å²) in [6.07, 6.45) is 0.533. The van der Waals surface area contributed by atoms with Crippen LogP contribution in [0.1, 0.15) is 12.8 Å². The van der Waals surface area contributed by atoms with E-state index in [4.69, 9.17) is 4.74 Å². The average Bonchev–Trinajstić information content (AvgIpc) is 2.42. The second-order valence-corrected chi connectivity index (χ2v) is 5.83. The number of rotatable bonds is 3. The molecule has 3 N–H and O–H groups in total. The zero-order valence-corrected chi connectivity index (χ0v) is 12.8. The number of ether oxygens (including phenoxy) is 1. The molecule has 1 saturated heterocycles. The van der Waals surface area contributed by atoms with Gasteiger partial charge in [0.2, 0.25) is 0 Å². The van der Waals surface area contributed by atoms with Crippen LogP contribution in [-0.4, -0.2) is 35.9 Å². The third-order valence-corrected chi connectivity index (χ3v) is 3.93. The largest absolute Gasteiger partial charge is 0.480 e. The molecule has 0 aromatic heterocycles. The highest BCUT2D eigenvalue weighted by Crippen LogP contribution is 2.21. The van der Waals surface area contributed by atoms with E-state index in [9.17, 15) is 14.7 Å². The van der Waals surface area contributed by atoms with Gasteiger partial charge in [-0.3, -0.25) is 0 Å². The normalized spacial score (nSPS) is 17.2. The van der Waals surface area contributed by atoms with Gasteiger partial charge in [-0.15, -0.1) is 0 Å². The molecule has 1 aliphatic rings. The standard InChI is InChI=1S/C13H15IN2O4/c14-9-1-3-10(4-2-9)15-12(19)16-13(11(17)18)5-7-20-8-6-13/h1-4H,5-8H2,(H,17,18)(H2,15,16,19). The van der Waals surface area contributed by atoms with E-state index in [0.29, 0.717) is 18.9 Å². The summed E-state index contributed by atoms with van der Waals surface area (Å²) in [4.78, 5) is 23.4. The molecular weight excluding hydrogens is 375 g/mol. The Hall–Kier alpha value is -1.35. The number of nitrogens with one attached hydrogen (secondary N) is 2. The van der Waals surface area contributed by atoms with E-state index in [0.717, 1.165) is 3.57 Å². The van der Waals surface area contributed by atoms with Gasteiger partial charge in [0.15, 0.2) is 0 Å². The number of carboxylic acid groups (broad SMARTS) is 1. The molecular formula is C13H15IN2O4. The van der Waals surface area contributed by atoms with Crippen LogP contribution in [0.2, 0.25) is 0 Å². The summed E-state index contributed by atoms with van der Waals surface area (Å²) < 4.78 is 6.21. The molecule has 1 aromatic carbocycles. The Morgan fingerprint density at radius 2 is 1.80 bits per heavy atom. The Morgan fingerprint density at radius 3 is 2.35 bits per heavy atom. The van der Waals surface area contributed by atoms with Gasteiger partial charge in [0, 0.05) is 35.3 Å². The maximum absolute atomic E-state index is 11.9. The zero-order chi connectivity index (χ0) is 14.6. The summed E-state index contributed by atoms with van der Waals surface area (Å²) >= 11 is 2.17. The SMILES string of the molecule is O=C(Nc1ccc(I)cc1)NC1(C(=O)O)CCOCC1. The van der Waals surface area contributed by atoms with Crippen LogP contribution in [-0.2, 0) is 9.53 Å². The lowest BCUT2D eigenvalue weighted by atomic mass is 9.90. The molecule has 20 heavy (non-hydrogen) atoms. The summed E-state index contributed by atoms with van der Waals surface area (Å²) in [6.45, 7) is 0.659. The van der Waals surface area contributed by atoms with Crippen molar-refractivity contribution in [1.29, 1.82) is 0 Å². The Labute approximate surface area is 130 Å². The molecule has 7 heteroatoms. The van der Waals surface area contributed by atoms with Gasteiger partial charge < -0.3 is 20.5 Å². The highest BCUT2D eigenvalue weighted by molar-refractivity contribution is 14.1. The fraction of sp³-hybridized carbons (Fsp3) is 0.385. The van der Waals surface area contributed by atoms with Gasteiger partial charge in [0.05, 0.1) is 0 Å². The van der Waals surface area contributed by atoms with Gasteiger partial charge in [-0.2, -0.15) is 0 Å². The molecule has 0 aliphatic carbocycles. The number of carbonyl (C=O) groups excluding carboxylic acids is 1. The number of hydrogen-bond acceptors (Lipinski definition) is 3. The Bertz CT molecular complexity index is 498. The van der Waals surface area contributed by atoms with Crippen molar-refractivity contribution in [2.24, 2.45) is 0 Å². The number of urea groups is 1. The van der Waals surface area contributed by atoms with Crippen LogP contribution >= 0.6 is 22.6 Å². The van der Waals surface area contributed by atoms with Crippen molar-refractivity contribution in [2.45, 2.75) is 18.4 Å².